The van der Waals surface area contributed by atoms with Gasteiger partial charge in [0, 0.05) is 50.5 Å². The molecule has 3 saturated heterocycles. The lowest BCUT2D eigenvalue weighted by molar-refractivity contribution is -0.253. The van der Waals surface area contributed by atoms with E-state index in [1.54, 1.807) is 5.48 Å². The molecule has 0 bridgehead atoms. The molecule has 3 aliphatic rings. The van der Waals surface area contributed by atoms with Gasteiger partial charge in [0.1, 0.15) is 0 Å². The predicted octanol–water partition coefficient (Wildman–Crippen LogP) is 6.41. The summed E-state index contributed by atoms with van der Waals surface area (Å²) in [7, 11) is 0. The third-order valence-corrected chi connectivity index (χ3v) is 10.8. The van der Waals surface area contributed by atoms with Crippen LogP contribution in [0.4, 0.5) is 0 Å². The van der Waals surface area contributed by atoms with Crippen molar-refractivity contribution in [3.63, 3.8) is 0 Å². The van der Waals surface area contributed by atoms with E-state index in [0.29, 0.717) is 31.8 Å². The van der Waals surface area contributed by atoms with E-state index in [4.69, 9.17) is 14.7 Å². The molecular weight excluding hydrogens is 656 g/mol. The Bertz CT molecular complexity index is 1560. The highest BCUT2D eigenvalue weighted by Gasteiger charge is 2.36. The molecule has 10 heteroatoms. The number of aliphatic hydroxyl groups excluding tert-OH is 1. The van der Waals surface area contributed by atoms with Crippen LogP contribution >= 0.6 is 0 Å². The Morgan fingerprint density at radius 2 is 1.48 bits per heavy atom. The summed E-state index contributed by atoms with van der Waals surface area (Å²) in [5, 5.41) is 21.2. The van der Waals surface area contributed by atoms with Crippen LogP contribution in [0.5, 0.6) is 0 Å². The minimum Gasteiger partial charge on any atom is -0.392 e. The molecule has 0 saturated carbocycles. The molecular formula is C42H56N4O6. The molecule has 6 rings (SSSR count). The van der Waals surface area contributed by atoms with Crippen LogP contribution in [0.15, 0.2) is 72.8 Å². The van der Waals surface area contributed by atoms with Crippen LogP contribution in [0.25, 0.3) is 11.1 Å². The normalized spacial score (nSPS) is 22.4. The largest absolute Gasteiger partial charge is 0.392 e. The number of likely N-dealkylation sites (tertiary alicyclic amines) is 2. The Morgan fingerprint density at radius 3 is 2.21 bits per heavy atom. The molecule has 0 radical (unpaired) electrons. The molecule has 280 valence electrons. The number of benzene rings is 3. The summed E-state index contributed by atoms with van der Waals surface area (Å²) in [6.45, 7) is 6.11. The van der Waals surface area contributed by atoms with Crippen molar-refractivity contribution in [1.29, 1.82) is 0 Å². The van der Waals surface area contributed by atoms with Gasteiger partial charge in [0.05, 0.1) is 18.8 Å². The lowest BCUT2D eigenvalue weighted by atomic mass is 9.98. The summed E-state index contributed by atoms with van der Waals surface area (Å²) in [6.07, 6.45) is 9.27. The van der Waals surface area contributed by atoms with Crippen LogP contribution in [-0.4, -0.2) is 76.8 Å². The number of carbonyl (C=O) groups is 2. The Labute approximate surface area is 308 Å². The summed E-state index contributed by atoms with van der Waals surface area (Å²) in [5.74, 6) is -0.357. The maximum Gasteiger partial charge on any atom is 0.243 e. The molecule has 3 aromatic rings. The van der Waals surface area contributed by atoms with Crippen molar-refractivity contribution in [2.45, 2.75) is 108 Å². The average molecular weight is 713 g/mol. The Morgan fingerprint density at radius 1 is 0.750 bits per heavy atom. The highest BCUT2D eigenvalue weighted by Crippen LogP contribution is 2.39. The number of ether oxygens (including phenoxy) is 2. The molecule has 0 unspecified atom stereocenters. The highest BCUT2D eigenvalue weighted by atomic mass is 16.7. The molecule has 2 amide bonds. The van der Waals surface area contributed by atoms with Crippen molar-refractivity contribution in [1.82, 2.24) is 20.6 Å². The number of aliphatic hydroxyl groups is 1. The SMILES string of the molecule is O=C(CCCCCCC(=O)NCc1cccc(-c2ccc([C@H]3O[C@@H](CN4CCC[C@H]4CN4CCCC4)C[C@@H](c4ccc(CO)cc4)O3)cc2)c1)NO. The molecule has 4 N–H and O–H groups in total. The van der Waals surface area contributed by atoms with E-state index in [1.807, 2.05) is 24.3 Å². The van der Waals surface area contributed by atoms with Gasteiger partial charge in [-0.1, -0.05) is 79.6 Å². The monoisotopic (exact) mass is 712 g/mol. The molecule has 3 aromatic carbocycles. The zero-order chi connectivity index (χ0) is 36.1. The van der Waals surface area contributed by atoms with Crippen molar-refractivity contribution < 1.29 is 29.4 Å². The first-order chi connectivity index (χ1) is 25.5. The molecule has 0 aromatic heterocycles. The van der Waals surface area contributed by atoms with Gasteiger partial charge in [0.2, 0.25) is 11.8 Å². The summed E-state index contributed by atoms with van der Waals surface area (Å²) in [5.41, 5.74) is 7.82. The lowest BCUT2D eigenvalue weighted by Crippen LogP contribution is -2.45. The first-order valence-corrected chi connectivity index (χ1v) is 19.3. The predicted molar refractivity (Wildman–Crippen MR) is 200 cm³/mol. The van der Waals surface area contributed by atoms with Gasteiger partial charge in [-0.3, -0.25) is 19.7 Å². The molecule has 4 atom stereocenters. The molecule has 0 spiro atoms. The van der Waals surface area contributed by atoms with Gasteiger partial charge < -0.3 is 24.8 Å². The number of rotatable bonds is 17. The number of carbonyl (C=O) groups excluding carboxylic acids is 2. The smallest absolute Gasteiger partial charge is 0.243 e. The molecule has 0 aliphatic carbocycles. The van der Waals surface area contributed by atoms with Gasteiger partial charge in [0.15, 0.2) is 6.29 Å². The van der Waals surface area contributed by atoms with Crippen LogP contribution in [-0.2, 0) is 32.2 Å². The van der Waals surface area contributed by atoms with Crippen molar-refractivity contribution >= 4 is 11.8 Å². The molecule has 10 nitrogen and oxygen atoms in total. The van der Waals surface area contributed by atoms with E-state index in [-0.39, 0.29) is 30.6 Å². The topological polar surface area (TPSA) is 124 Å². The lowest BCUT2D eigenvalue weighted by Gasteiger charge is -2.39. The maximum absolute atomic E-state index is 12.4. The van der Waals surface area contributed by atoms with Crippen LogP contribution in [0.2, 0.25) is 0 Å². The number of nitrogens with zero attached hydrogens (tertiary/aromatic N) is 2. The minimum atomic E-state index is -0.489. The standard InChI is InChI=1S/C42H56N4O6/c47-30-31-14-16-34(17-15-31)39-26-38(29-46-24-8-11-37(46)28-45-22-5-6-23-45)51-42(52-39)35-20-18-33(19-21-35)36-10-7-9-32(25-36)27-43-40(48)12-3-1-2-4-13-41(49)44-50/h7,9-10,14-21,25,37-39,42,47,50H,1-6,8,11-13,22-24,26-30H2,(H,43,48)(H,44,49)/t37-,38+,39-,42-/m0/s1. The van der Waals surface area contributed by atoms with E-state index in [9.17, 15) is 14.7 Å². The fraction of sp³-hybridized carbons (Fsp3) is 0.524. The van der Waals surface area contributed by atoms with Gasteiger partial charge in [0.25, 0.3) is 0 Å². The van der Waals surface area contributed by atoms with E-state index < -0.39 is 6.29 Å². The van der Waals surface area contributed by atoms with Crippen LogP contribution in [0.3, 0.4) is 0 Å². The Hall–Kier alpha value is -3.64. The van der Waals surface area contributed by atoms with Crippen molar-refractivity contribution in [2.75, 3.05) is 32.7 Å². The van der Waals surface area contributed by atoms with Crippen molar-refractivity contribution in [2.24, 2.45) is 0 Å². The zero-order valence-corrected chi connectivity index (χ0v) is 30.4. The number of hydrogen-bond acceptors (Lipinski definition) is 8. The number of nitrogens with one attached hydrogen (secondary N) is 2. The first kappa shape index (κ1) is 38.1. The fourth-order valence-electron chi connectivity index (χ4n) is 7.86. The molecule has 52 heavy (non-hydrogen) atoms. The number of unbranched alkanes of at least 4 members (excludes halogenated alkanes) is 3. The summed E-state index contributed by atoms with van der Waals surface area (Å²) in [4.78, 5) is 28.8. The van der Waals surface area contributed by atoms with Gasteiger partial charge in [-0.05, 0) is 92.0 Å². The Balaban J connectivity index is 1.06. The van der Waals surface area contributed by atoms with E-state index in [0.717, 1.165) is 78.7 Å². The fourth-order valence-corrected chi connectivity index (χ4v) is 7.86. The minimum absolute atomic E-state index is 0.0168. The van der Waals surface area contributed by atoms with Gasteiger partial charge in [-0.15, -0.1) is 0 Å². The van der Waals surface area contributed by atoms with Crippen molar-refractivity contribution in [3.8, 4) is 11.1 Å². The third-order valence-electron chi connectivity index (χ3n) is 10.8. The van der Waals surface area contributed by atoms with Crippen LogP contribution in [0.1, 0.15) is 105 Å². The second-order valence-corrected chi connectivity index (χ2v) is 14.7. The van der Waals surface area contributed by atoms with E-state index in [2.05, 4.69) is 63.6 Å². The summed E-state index contributed by atoms with van der Waals surface area (Å²) < 4.78 is 13.4. The third kappa shape index (κ3) is 10.9. The molecule has 3 aliphatic heterocycles. The average Bonchev–Trinajstić information content (AvgIpc) is 3.87. The number of hydroxylamine groups is 1. The van der Waals surface area contributed by atoms with Gasteiger partial charge in [-0.2, -0.15) is 0 Å². The second-order valence-electron chi connectivity index (χ2n) is 14.7. The first-order valence-electron chi connectivity index (χ1n) is 19.3. The van der Waals surface area contributed by atoms with Crippen LogP contribution in [0, 0.1) is 0 Å². The summed E-state index contributed by atoms with van der Waals surface area (Å²) >= 11 is 0. The quantitative estimate of drug-likeness (QED) is 0.0720. The van der Waals surface area contributed by atoms with E-state index in [1.165, 1.54) is 38.8 Å². The maximum atomic E-state index is 12.4. The Kier molecular flexibility index (Phi) is 14.2. The van der Waals surface area contributed by atoms with Crippen LogP contribution < -0.4 is 10.8 Å². The highest BCUT2D eigenvalue weighted by molar-refractivity contribution is 5.76. The number of amides is 2. The zero-order valence-electron chi connectivity index (χ0n) is 30.4. The second kappa shape index (κ2) is 19.4. The van der Waals surface area contributed by atoms with Gasteiger partial charge >= 0.3 is 0 Å². The van der Waals surface area contributed by atoms with Crippen molar-refractivity contribution in [3.05, 3.63) is 95.1 Å². The molecule has 3 fully saturated rings. The molecule has 3 heterocycles. The summed E-state index contributed by atoms with van der Waals surface area (Å²) in [6, 6.07) is 25.4. The van der Waals surface area contributed by atoms with E-state index >= 15 is 0 Å². The van der Waals surface area contributed by atoms with Gasteiger partial charge in [-0.25, -0.2) is 5.48 Å². The number of hydrogen-bond donors (Lipinski definition) is 4.